The molecule has 18 heavy (non-hydrogen) atoms. The van der Waals surface area contributed by atoms with Gasteiger partial charge in [-0.1, -0.05) is 0 Å². The molecule has 2 heterocycles. The van der Waals surface area contributed by atoms with Crippen molar-refractivity contribution < 1.29 is 13.6 Å². The average Bonchev–Trinajstić information content (AvgIpc) is 2.74. The molecule has 2 aromatic rings. The molecule has 4 nitrogen and oxygen atoms in total. The Morgan fingerprint density at radius 2 is 2.17 bits per heavy atom. The second-order valence-corrected chi connectivity index (χ2v) is 5.55. The molecule has 0 spiro atoms. The van der Waals surface area contributed by atoms with Gasteiger partial charge in [-0.05, 0) is 15.9 Å². The van der Waals surface area contributed by atoms with Crippen LogP contribution in [0.5, 0.6) is 0 Å². The summed E-state index contributed by atoms with van der Waals surface area (Å²) in [7, 11) is 0. The highest BCUT2D eigenvalue weighted by molar-refractivity contribution is 9.11. The van der Waals surface area contributed by atoms with Crippen LogP contribution in [0, 0.1) is 11.6 Å². The van der Waals surface area contributed by atoms with Gasteiger partial charge in [0, 0.05) is 6.07 Å². The molecule has 0 fully saturated rings. The SMILES string of the molecule is O=C(NCc1ncc(F)cc1F)c1cnc(Br)s1. The first-order valence-electron chi connectivity index (χ1n) is 4.75. The summed E-state index contributed by atoms with van der Waals surface area (Å²) in [5, 5.41) is 2.47. The molecule has 8 heteroatoms. The van der Waals surface area contributed by atoms with Crippen molar-refractivity contribution in [3.8, 4) is 0 Å². The maximum absolute atomic E-state index is 13.2. The third kappa shape index (κ3) is 3.08. The van der Waals surface area contributed by atoms with Gasteiger partial charge >= 0.3 is 0 Å². The number of nitrogens with one attached hydrogen (secondary N) is 1. The van der Waals surface area contributed by atoms with E-state index in [0.717, 1.165) is 23.6 Å². The van der Waals surface area contributed by atoms with E-state index in [1.165, 1.54) is 6.20 Å². The lowest BCUT2D eigenvalue weighted by atomic mass is 10.3. The lowest BCUT2D eigenvalue weighted by Crippen LogP contribution is -2.23. The van der Waals surface area contributed by atoms with Gasteiger partial charge in [-0.25, -0.2) is 13.8 Å². The minimum atomic E-state index is -0.791. The van der Waals surface area contributed by atoms with Gasteiger partial charge in [0.2, 0.25) is 0 Å². The van der Waals surface area contributed by atoms with Crippen LogP contribution in [0.15, 0.2) is 22.4 Å². The number of rotatable bonds is 3. The Morgan fingerprint density at radius 1 is 1.39 bits per heavy atom. The standard InChI is InChI=1S/C10H6BrF2N3OS/c11-10-16-4-8(18-10)9(17)15-3-7-6(13)1-5(12)2-14-7/h1-2,4H,3H2,(H,15,17). The monoisotopic (exact) mass is 333 g/mol. The molecule has 0 atom stereocenters. The molecule has 2 aromatic heterocycles. The number of carbonyl (C=O) groups is 1. The summed E-state index contributed by atoms with van der Waals surface area (Å²) in [4.78, 5) is 19.4. The van der Waals surface area contributed by atoms with E-state index in [1.807, 2.05) is 0 Å². The Labute approximate surface area is 113 Å². The van der Waals surface area contributed by atoms with Crippen molar-refractivity contribution in [2.45, 2.75) is 6.54 Å². The highest BCUT2D eigenvalue weighted by Crippen LogP contribution is 2.18. The van der Waals surface area contributed by atoms with Gasteiger partial charge in [0.1, 0.15) is 16.5 Å². The van der Waals surface area contributed by atoms with Crippen LogP contribution in [-0.2, 0) is 6.54 Å². The number of carbonyl (C=O) groups excluding carboxylic acids is 1. The van der Waals surface area contributed by atoms with Crippen LogP contribution in [0.3, 0.4) is 0 Å². The third-order valence-electron chi connectivity index (χ3n) is 2.00. The van der Waals surface area contributed by atoms with Crippen LogP contribution in [-0.4, -0.2) is 15.9 Å². The molecular formula is C10H6BrF2N3OS. The fourth-order valence-corrected chi connectivity index (χ4v) is 2.36. The number of pyridine rings is 1. The van der Waals surface area contributed by atoms with Crippen LogP contribution in [0.1, 0.15) is 15.4 Å². The van der Waals surface area contributed by atoms with Gasteiger partial charge in [0.05, 0.1) is 24.6 Å². The Hall–Kier alpha value is -1.41. The fraction of sp³-hybridized carbons (Fsp3) is 0.100. The lowest BCUT2D eigenvalue weighted by Gasteiger charge is -2.03. The molecule has 0 bridgehead atoms. The molecule has 94 valence electrons. The van der Waals surface area contributed by atoms with Crippen LogP contribution in [0.25, 0.3) is 0 Å². The van der Waals surface area contributed by atoms with Crippen LogP contribution < -0.4 is 5.32 Å². The maximum atomic E-state index is 13.2. The summed E-state index contributed by atoms with van der Waals surface area (Å²) in [5.41, 5.74) is -0.0201. The van der Waals surface area contributed by atoms with Crippen molar-refractivity contribution in [2.24, 2.45) is 0 Å². The van der Waals surface area contributed by atoms with Crippen molar-refractivity contribution in [1.29, 1.82) is 0 Å². The fourth-order valence-electron chi connectivity index (χ4n) is 1.18. The molecule has 0 radical (unpaired) electrons. The van der Waals surface area contributed by atoms with E-state index >= 15 is 0 Å². The Balaban J connectivity index is 2.01. The van der Waals surface area contributed by atoms with E-state index in [9.17, 15) is 13.6 Å². The van der Waals surface area contributed by atoms with Crippen LogP contribution in [0.2, 0.25) is 0 Å². The van der Waals surface area contributed by atoms with E-state index in [0.29, 0.717) is 8.79 Å². The number of amides is 1. The Morgan fingerprint density at radius 3 is 2.78 bits per heavy atom. The molecule has 0 saturated heterocycles. The molecule has 1 N–H and O–H groups in total. The van der Waals surface area contributed by atoms with E-state index < -0.39 is 11.6 Å². The lowest BCUT2D eigenvalue weighted by molar-refractivity contribution is 0.0954. The summed E-state index contributed by atoms with van der Waals surface area (Å²) in [6.45, 7) is -0.111. The first-order chi connectivity index (χ1) is 8.56. The number of thiazole rings is 1. The highest BCUT2D eigenvalue weighted by atomic mass is 79.9. The van der Waals surface area contributed by atoms with E-state index in [4.69, 9.17) is 0 Å². The predicted molar refractivity (Wildman–Crippen MR) is 65.1 cm³/mol. The summed E-state index contributed by atoms with van der Waals surface area (Å²) in [6, 6.07) is 0.720. The smallest absolute Gasteiger partial charge is 0.263 e. The Kier molecular flexibility index (Phi) is 3.97. The largest absolute Gasteiger partial charge is 0.346 e. The second kappa shape index (κ2) is 5.49. The highest BCUT2D eigenvalue weighted by Gasteiger charge is 2.11. The number of hydrogen-bond acceptors (Lipinski definition) is 4. The van der Waals surface area contributed by atoms with Gasteiger partial charge < -0.3 is 5.32 Å². The van der Waals surface area contributed by atoms with Crippen molar-refractivity contribution in [2.75, 3.05) is 0 Å². The minimum absolute atomic E-state index is 0.0201. The molecule has 0 aromatic carbocycles. The minimum Gasteiger partial charge on any atom is -0.346 e. The third-order valence-corrected chi connectivity index (χ3v) is 3.48. The average molecular weight is 334 g/mol. The van der Waals surface area contributed by atoms with Crippen LogP contribution in [0.4, 0.5) is 8.78 Å². The molecule has 0 aliphatic heterocycles. The van der Waals surface area contributed by atoms with Gasteiger partial charge in [0.15, 0.2) is 3.92 Å². The second-order valence-electron chi connectivity index (χ2n) is 3.24. The van der Waals surface area contributed by atoms with Crippen molar-refractivity contribution in [3.63, 3.8) is 0 Å². The quantitative estimate of drug-likeness (QED) is 0.938. The number of nitrogens with zero attached hydrogens (tertiary/aromatic N) is 2. The summed E-state index contributed by atoms with van der Waals surface area (Å²) in [5.74, 6) is -1.93. The number of hydrogen-bond donors (Lipinski definition) is 1. The Bertz CT molecular complexity index is 590. The van der Waals surface area contributed by atoms with Gasteiger partial charge in [-0.2, -0.15) is 0 Å². The summed E-state index contributed by atoms with van der Waals surface area (Å²) < 4.78 is 26.4. The molecule has 0 unspecified atom stereocenters. The maximum Gasteiger partial charge on any atom is 0.263 e. The summed E-state index contributed by atoms with van der Waals surface area (Å²) >= 11 is 4.29. The van der Waals surface area contributed by atoms with Crippen molar-refractivity contribution in [3.05, 3.63) is 44.6 Å². The van der Waals surface area contributed by atoms with Crippen molar-refractivity contribution >= 4 is 33.2 Å². The van der Waals surface area contributed by atoms with Gasteiger partial charge in [-0.15, -0.1) is 11.3 Å². The number of aromatic nitrogens is 2. The zero-order valence-corrected chi connectivity index (χ0v) is 11.2. The zero-order valence-electron chi connectivity index (χ0n) is 8.78. The van der Waals surface area contributed by atoms with Crippen LogP contribution >= 0.6 is 27.3 Å². The molecule has 2 rings (SSSR count). The normalized spacial score (nSPS) is 10.4. The van der Waals surface area contributed by atoms with Gasteiger partial charge in [0.25, 0.3) is 5.91 Å². The molecule has 0 saturated carbocycles. The number of halogens is 3. The topological polar surface area (TPSA) is 54.9 Å². The predicted octanol–water partition coefficient (Wildman–Crippen LogP) is 2.51. The van der Waals surface area contributed by atoms with E-state index in [2.05, 4.69) is 31.2 Å². The van der Waals surface area contributed by atoms with E-state index in [1.54, 1.807) is 0 Å². The molecule has 1 amide bonds. The van der Waals surface area contributed by atoms with E-state index in [-0.39, 0.29) is 18.1 Å². The zero-order chi connectivity index (χ0) is 13.1. The first-order valence-corrected chi connectivity index (χ1v) is 6.36. The summed E-state index contributed by atoms with van der Waals surface area (Å²) in [6.07, 6.45) is 2.30. The van der Waals surface area contributed by atoms with Crippen molar-refractivity contribution in [1.82, 2.24) is 15.3 Å². The first kappa shape index (κ1) is 13.0. The molecular weight excluding hydrogens is 328 g/mol. The molecule has 0 aliphatic rings. The molecule has 0 aliphatic carbocycles. The van der Waals surface area contributed by atoms with Gasteiger partial charge in [-0.3, -0.25) is 9.78 Å².